The minimum absolute atomic E-state index is 0.341. The van der Waals surface area contributed by atoms with Gasteiger partial charge in [0.2, 0.25) is 0 Å². The minimum atomic E-state index is -0.341. The van der Waals surface area contributed by atoms with Gasteiger partial charge < -0.3 is 4.74 Å². The molecular weight excluding hydrogens is 264 g/mol. The second-order valence-electron chi connectivity index (χ2n) is 4.78. The van der Waals surface area contributed by atoms with Gasteiger partial charge in [0.05, 0.1) is 24.6 Å². The van der Waals surface area contributed by atoms with Gasteiger partial charge in [-0.05, 0) is 54.8 Å². The summed E-state index contributed by atoms with van der Waals surface area (Å²) >= 11 is 0. The standard InChI is InChI=1S/C17H18N2O2/c1-12-4-9-16(10-13(12)2)19-18-11-14-5-7-15(8-6-14)17(20)21-3/h4-11,19H,1-3H3. The number of benzene rings is 2. The van der Waals surface area contributed by atoms with E-state index in [-0.39, 0.29) is 5.97 Å². The molecule has 0 spiro atoms. The Hall–Kier alpha value is -2.62. The Morgan fingerprint density at radius 2 is 1.81 bits per heavy atom. The first-order chi connectivity index (χ1) is 10.1. The lowest BCUT2D eigenvalue weighted by molar-refractivity contribution is 0.0601. The van der Waals surface area contributed by atoms with E-state index in [4.69, 9.17) is 0 Å². The summed E-state index contributed by atoms with van der Waals surface area (Å²) in [6.07, 6.45) is 1.70. The third-order valence-corrected chi connectivity index (χ3v) is 3.25. The summed E-state index contributed by atoms with van der Waals surface area (Å²) in [5.74, 6) is -0.341. The van der Waals surface area contributed by atoms with Crippen LogP contribution in [-0.4, -0.2) is 19.3 Å². The van der Waals surface area contributed by atoms with Crippen molar-refractivity contribution < 1.29 is 9.53 Å². The number of hydrazone groups is 1. The molecule has 0 amide bonds. The number of nitrogens with zero attached hydrogens (tertiary/aromatic N) is 1. The number of carbonyl (C=O) groups excluding carboxylic acids is 1. The Labute approximate surface area is 124 Å². The maximum Gasteiger partial charge on any atom is 0.337 e. The molecule has 4 heteroatoms. The fourth-order valence-electron chi connectivity index (χ4n) is 1.82. The van der Waals surface area contributed by atoms with Crippen molar-refractivity contribution in [3.8, 4) is 0 Å². The number of anilines is 1. The summed E-state index contributed by atoms with van der Waals surface area (Å²) in [6.45, 7) is 4.14. The van der Waals surface area contributed by atoms with Crippen molar-refractivity contribution in [2.75, 3.05) is 12.5 Å². The second kappa shape index (κ2) is 6.70. The Morgan fingerprint density at radius 3 is 2.43 bits per heavy atom. The van der Waals surface area contributed by atoms with Gasteiger partial charge in [0.25, 0.3) is 0 Å². The molecule has 0 heterocycles. The molecule has 2 aromatic carbocycles. The molecule has 0 fully saturated rings. The van der Waals surface area contributed by atoms with E-state index in [0.29, 0.717) is 5.56 Å². The summed E-state index contributed by atoms with van der Waals surface area (Å²) in [7, 11) is 1.37. The van der Waals surface area contributed by atoms with Gasteiger partial charge in [0.1, 0.15) is 0 Å². The Kier molecular flexibility index (Phi) is 4.72. The van der Waals surface area contributed by atoms with Crippen molar-refractivity contribution in [2.45, 2.75) is 13.8 Å². The first-order valence-electron chi connectivity index (χ1n) is 6.65. The van der Waals surface area contributed by atoms with Crippen LogP contribution in [0.5, 0.6) is 0 Å². The summed E-state index contributed by atoms with van der Waals surface area (Å²) in [6, 6.07) is 13.1. The highest BCUT2D eigenvalue weighted by molar-refractivity contribution is 5.90. The van der Waals surface area contributed by atoms with E-state index in [1.54, 1.807) is 18.3 Å². The number of esters is 1. The van der Waals surface area contributed by atoms with Gasteiger partial charge in [-0.1, -0.05) is 18.2 Å². The molecular formula is C17H18N2O2. The summed E-state index contributed by atoms with van der Waals surface area (Å²) in [5, 5.41) is 4.19. The molecule has 2 aromatic rings. The average Bonchev–Trinajstić information content (AvgIpc) is 2.51. The lowest BCUT2D eigenvalue weighted by atomic mass is 10.1. The van der Waals surface area contributed by atoms with Gasteiger partial charge in [-0.2, -0.15) is 5.10 Å². The van der Waals surface area contributed by atoms with Crippen LogP contribution < -0.4 is 5.43 Å². The molecule has 0 atom stereocenters. The van der Waals surface area contributed by atoms with E-state index in [1.165, 1.54) is 18.2 Å². The number of carbonyl (C=O) groups is 1. The molecule has 0 aliphatic carbocycles. The van der Waals surface area contributed by atoms with Crippen molar-refractivity contribution in [3.05, 3.63) is 64.7 Å². The molecule has 0 radical (unpaired) electrons. The van der Waals surface area contributed by atoms with E-state index in [2.05, 4.69) is 35.2 Å². The molecule has 0 unspecified atom stereocenters. The van der Waals surface area contributed by atoms with Crippen LogP contribution in [0.15, 0.2) is 47.6 Å². The first-order valence-corrected chi connectivity index (χ1v) is 6.65. The SMILES string of the molecule is COC(=O)c1ccc(C=NNc2ccc(C)c(C)c2)cc1. The molecule has 108 valence electrons. The largest absolute Gasteiger partial charge is 0.465 e. The molecule has 0 aromatic heterocycles. The highest BCUT2D eigenvalue weighted by Gasteiger charge is 2.03. The Balaban J connectivity index is 2.01. The van der Waals surface area contributed by atoms with Gasteiger partial charge in [-0.25, -0.2) is 4.79 Å². The van der Waals surface area contributed by atoms with Gasteiger partial charge >= 0.3 is 5.97 Å². The number of ether oxygens (including phenoxy) is 1. The monoisotopic (exact) mass is 282 g/mol. The van der Waals surface area contributed by atoms with Crippen molar-refractivity contribution in [1.82, 2.24) is 0 Å². The zero-order valence-corrected chi connectivity index (χ0v) is 12.4. The quantitative estimate of drug-likeness (QED) is 0.530. The Morgan fingerprint density at radius 1 is 1.10 bits per heavy atom. The van der Waals surface area contributed by atoms with Crippen LogP contribution >= 0.6 is 0 Å². The van der Waals surface area contributed by atoms with Gasteiger partial charge in [-0.3, -0.25) is 5.43 Å². The summed E-state index contributed by atoms with van der Waals surface area (Å²) < 4.78 is 4.65. The molecule has 2 rings (SSSR count). The van der Waals surface area contributed by atoms with Crippen LogP contribution in [0, 0.1) is 13.8 Å². The van der Waals surface area contributed by atoms with Crippen molar-refractivity contribution in [3.63, 3.8) is 0 Å². The molecule has 0 saturated carbocycles. The normalized spacial score (nSPS) is 10.6. The van der Waals surface area contributed by atoms with Crippen LogP contribution in [0.4, 0.5) is 5.69 Å². The van der Waals surface area contributed by atoms with E-state index >= 15 is 0 Å². The fraction of sp³-hybridized carbons (Fsp3) is 0.176. The van der Waals surface area contributed by atoms with Crippen LogP contribution in [-0.2, 0) is 4.74 Å². The topological polar surface area (TPSA) is 50.7 Å². The lowest BCUT2D eigenvalue weighted by Gasteiger charge is -2.04. The number of hydrogen-bond donors (Lipinski definition) is 1. The third-order valence-electron chi connectivity index (χ3n) is 3.25. The van der Waals surface area contributed by atoms with Crippen LogP contribution in [0.3, 0.4) is 0 Å². The summed E-state index contributed by atoms with van der Waals surface area (Å²) in [4.78, 5) is 11.3. The summed E-state index contributed by atoms with van der Waals surface area (Å²) in [5.41, 5.74) is 7.83. The van der Waals surface area contributed by atoms with Crippen molar-refractivity contribution >= 4 is 17.9 Å². The molecule has 0 saturated heterocycles. The minimum Gasteiger partial charge on any atom is -0.465 e. The molecule has 0 bridgehead atoms. The molecule has 4 nitrogen and oxygen atoms in total. The number of rotatable bonds is 4. The number of methoxy groups -OCH3 is 1. The van der Waals surface area contributed by atoms with Crippen molar-refractivity contribution in [2.24, 2.45) is 5.10 Å². The van der Waals surface area contributed by atoms with E-state index < -0.39 is 0 Å². The van der Waals surface area contributed by atoms with Gasteiger partial charge in [0, 0.05) is 0 Å². The van der Waals surface area contributed by atoms with E-state index in [9.17, 15) is 4.79 Å². The second-order valence-corrected chi connectivity index (χ2v) is 4.78. The zero-order valence-electron chi connectivity index (χ0n) is 12.4. The fourth-order valence-corrected chi connectivity index (χ4v) is 1.82. The third kappa shape index (κ3) is 3.92. The number of hydrogen-bond acceptors (Lipinski definition) is 4. The molecule has 0 aliphatic rings. The van der Waals surface area contributed by atoms with Crippen LogP contribution in [0.25, 0.3) is 0 Å². The maximum absolute atomic E-state index is 11.3. The lowest BCUT2D eigenvalue weighted by Crippen LogP contribution is -2.00. The number of nitrogens with one attached hydrogen (secondary N) is 1. The highest BCUT2D eigenvalue weighted by Crippen LogP contribution is 2.14. The van der Waals surface area contributed by atoms with Crippen LogP contribution in [0.2, 0.25) is 0 Å². The Bertz CT molecular complexity index is 661. The first kappa shape index (κ1) is 14.8. The smallest absolute Gasteiger partial charge is 0.337 e. The average molecular weight is 282 g/mol. The van der Waals surface area contributed by atoms with E-state index in [0.717, 1.165) is 11.3 Å². The highest BCUT2D eigenvalue weighted by atomic mass is 16.5. The maximum atomic E-state index is 11.3. The van der Waals surface area contributed by atoms with Gasteiger partial charge in [-0.15, -0.1) is 0 Å². The molecule has 0 aliphatic heterocycles. The zero-order chi connectivity index (χ0) is 15.2. The predicted molar refractivity (Wildman–Crippen MR) is 84.9 cm³/mol. The molecule has 1 N–H and O–H groups in total. The van der Waals surface area contributed by atoms with Crippen molar-refractivity contribution in [1.29, 1.82) is 0 Å². The van der Waals surface area contributed by atoms with E-state index in [1.807, 2.05) is 24.3 Å². The van der Waals surface area contributed by atoms with Gasteiger partial charge in [0.15, 0.2) is 0 Å². The predicted octanol–water partition coefficient (Wildman–Crippen LogP) is 3.54. The molecule has 21 heavy (non-hydrogen) atoms. The number of aryl methyl sites for hydroxylation is 2. The van der Waals surface area contributed by atoms with Crippen LogP contribution in [0.1, 0.15) is 27.0 Å².